The maximum Gasteiger partial charge on any atom is 0.420 e. The maximum atomic E-state index is 12.6. The SMILES string of the molecule is COC(=O)N1C(=O)O[C@H]2[C@H](OC(C)=O)[C@@H](COCc3ccccc3)O[C@@H](Sc3ccccc3)[C@@H]21. The number of nitrogens with zero attached hydrogens (tertiary/aromatic N) is 1. The maximum absolute atomic E-state index is 12.6. The third-order valence-corrected chi connectivity index (χ3v) is 6.58. The van der Waals surface area contributed by atoms with Crippen LogP contribution in [-0.2, 0) is 35.1 Å². The molecule has 2 heterocycles. The van der Waals surface area contributed by atoms with Crippen molar-refractivity contribution in [2.24, 2.45) is 0 Å². The van der Waals surface area contributed by atoms with E-state index >= 15 is 0 Å². The second kappa shape index (κ2) is 10.9. The van der Waals surface area contributed by atoms with Crippen LogP contribution < -0.4 is 0 Å². The molecule has 0 spiro atoms. The van der Waals surface area contributed by atoms with Gasteiger partial charge >= 0.3 is 18.2 Å². The van der Waals surface area contributed by atoms with Crippen LogP contribution in [0.3, 0.4) is 0 Å². The Balaban J connectivity index is 1.60. The van der Waals surface area contributed by atoms with Crippen LogP contribution in [0.1, 0.15) is 12.5 Å². The Hall–Kier alpha value is -3.08. The number of ether oxygens (including phenoxy) is 5. The fraction of sp³-hybridized carbons (Fsp3) is 0.375. The average Bonchev–Trinajstić information content (AvgIpc) is 3.19. The molecule has 0 aromatic heterocycles. The van der Waals surface area contributed by atoms with Gasteiger partial charge < -0.3 is 23.7 Å². The molecule has 34 heavy (non-hydrogen) atoms. The quantitative estimate of drug-likeness (QED) is 0.428. The van der Waals surface area contributed by atoms with Crippen LogP contribution >= 0.6 is 11.8 Å². The van der Waals surface area contributed by atoms with E-state index in [1.54, 1.807) is 0 Å². The van der Waals surface area contributed by atoms with Crippen molar-refractivity contribution >= 4 is 29.9 Å². The molecule has 0 N–H and O–H groups in total. The van der Waals surface area contributed by atoms with Crippen LogP contribution in [-0.4, -0.2) is 66.6 Å². The highest BCUT2D eigenvalue weighted by Crippen LogP contribution is 2.41. The van der Waals surface area contributed by atoms with Gasteiger partial charge in [-0.25, -0.2) is 14.5 Å². The van der Waals surface area contributed by atoms with Crippen molar-refractivity contribution < 1.29 is 38.1 Å². The van der Waals surface area contributed by atoms with Crippen molar-refractivity contribution in [3.63, 3.8) is 0 Å². The summed E-state index contributed by atoms with van der Waals surface area (Å²) in [4.78, 5) is 38.7. The van der Waals surface area contributed by atoms with Gasteiger partial charge in [-0.3, -0.25) is 4.79 Å². The number of rotatable bonds is 7. The summed E-state index contributed by atoms with van der Waals surface area (Å²) in [7, 11) is 1.18. The lowest BCUT2D eigenvalue weighted by molar-refractivity contribution is -0.194. The second-order valence-electron chi connectivity index (χ2n) is 7.73. The number of amides is 2. The van der Waals surface area contributed by atoms with Gasteiger partial charge in [0.1, 0.15) is 17.6 Å². The van der Waals surface area contributed by atoms with E-state index in [1.165, 1.54) is 25.8 Å². The van der Waals surface area contributed by atoms with Crippen LogP contribution in [0, 0.1) is 0 Å². The number of benzene rings is 2. The van der Waals surface area contributed by atoms with E-state index in [0.717, 1.165) is 15.4 Å². The van der Waals surface area contributed by atoms with Gasteiger partial charge in [0.25, 0.3) is 0 Å². The number of imide groups is 1. The van der Waals surface area contributed by atoms with Gasteiger partial charge in [0.05, 0.1) is 20.3 Å². The van der Waals surface area contributed by atoms with Crippen LogP contribution in [0.2, 0.25) is 0 Å². The number of methoxy groups -OCH3 is 1. The normalized spacial score (nSPS) is 25.9. The molecule has 2 fully saturated rings. The minimum atomic E-state index is -0.968. The summed E-state index contributed by atoms with van der Waals surface area (Å²) in [6.07, 6.45) is -4.41. The molecule has 10 heteroatoms. The van der Waals surface area contributed by atoms with Gasteiger partial charge in [-0.15, -0.1) is 0 Å². The number of thioether (sulfide) groups is 1. The Labute approximate surface area is 201 Å². The molecule has 0 unspecified atom stereocenters. The predicted octanol–water partition coefficient (Wildman–Crippen LogP) is 3.61. The summed E-state index contributed by atoms with van der Waals surface area (Å²) in [5, 5.41) is 0. The van der Waals surface area contributed by atoms with Crippen molar-refractivity contribution in [3.05, 3.63) is 66.2 Å². The fourth-order valence-electron chi connectivity index (χ4n) is 3.95. The van der Waals surface area contributed by atoms with E-state index in [0.29, 0.717) is 6.61 Å². The zero-order valence-electron chi connectivity index (χ0n) is 18.7. The van der Waals surface area contributed by atoms with Gasteiger partial charge in [-0.2, -0.15) is 0 Å². The van der Waals surface area contributed by atoms with Gasteiger partial charge in [0.15, 0.2) is 12.2 Å². The predicted molar refractivity (Wildman–Crippen MR) is 121 cm³/mol. The topological polar surface area (TPSA) is 101 Å². The highest BCUT2D eigenvalue weighted by molar-refractivity contribution is 7.99. The lowest BCUT2D eigenvalue weighted by Crippen LogP contribution is -2.61. The number of esters is 1. The Morgan fingerprint density at radius 1 is 1.06 bits per heavy atom. The zero-order chi connectivity index (χ0) is 24.1. The number of hydrogen-bond acceptors (Lipinski definition) is 9. The number of hydrogen-bond donors (Lipinski definition) is 0. The minimum absolute atomic E-state index is 0.0810. The fourth-order valence-corrected chi connectivity index (χ4v) is 5.15. The summed E-state index contributed by atoms with van der Waals surface area (Å²) >= 11 is 1.33. The van der Waals surface area contributed by atoms with Crippen molar-refractivity contribution in [1.82, 2.24) is 4.90 Å². The highest BCUT2D eigenvalue weighted by atomic mass is 32.2. The molecular weight excluding hydrogens is 462 g/mol. The molecule has 180 valence electrons. The Kier molecular flexibility index (Phi) is 7.71. The highest BCUT2D eigenvalue weighted by Gasteiger charge is 2.60. The minimum Gasteiger partial charge on any atom is -0.456 e. The summed E-state index contributed by atoms with van der Waals surface area (Å²) < 4.78 is 28.0. The standard InChI is InChI=1S/C24H25NO8S/c1-15(26)31-20-18(14-30-13-16-9-5-3-6-10-16)32-22(34-17-11-7-4-8-12-17)19-21(20)33-24(28)25(19)23(27)29-2/h3-12,18-22H,13-14H2,1-2H3/t18-,19-,20-,21-,22+/m1/s1. The molecule has 2 amide bonds. The van der Waals surface area contributed by atoms with E-state index in [1.807, 2.05) is 60.7 Å². The van der Waals surface area contributed by atoms with E-state index in [-0.39, 0.29) is 6.61 Å². The van der Waals surface area contributed by atoms with Gasteiger partial charge in [0, 0.05) is 11.8 Å². The third kappa shape index (κ3) is 5.35. The molecule has 9 nitrogen and oxygen atoms in total. The second-order valence-corrected chi connectivity index (χ2v) is 8.90. The lowest BCUT2D eigenvalue weighted by Gasteiger charge is -2.42. The smallest absolute Gasteiger partial charge is 0.420 e. The first-order valence-corrected chi connectivity index (χ1v) is 11.6. The Morgan fingerprint density at radius 3 is 2.38 bits per heavy atom. The summed E-state index contributed by atoms with van der Waals surface area (Å²) in [5.74, 6) is -0.567. The Morgan fingerprint density at radius 2 is 1.74 bits per heavy atom. The molecule has 5 atom stereocenters. The molecular formula is C24H25NO8S. The van der Waals surface area contributed by atoms with Gasteiger partial charge in [-0.1, -0.05) is 60.3 Å². The van der Waals surface area contributed by atoms with Gasteiger partial charge in [0.2, 0.25) is 0 Å². The molecule has 2 aromatic carbocycles. The van der Waals surface area contributed by atoms with E-state index in [4.69, 9.17) is 23.7 Å². The first kappa shape index (κ1) is 24.1. The van der Waals surface area contributed by atoms with E-state index in [9.17, 15) is 14.4 Å². The molecule has 2 aliphatic heterocycles. The monoisotopic (exact) mass is 487 g/mol. The summed E-state index contributed by atoms with van der Waals surface area (Å²) in [6.45, 7) is 1.67. The molecule has 0 aliphatic carbocycles. The number of fused-ring (bicyclic) bond motifs is 1. The van der Waals surface area contributed by atoms with Crippen LogP contribution in [0.5, 0.6) is 0 Å². The molecule has 2 aromatic rings. The number of carbonyl (C=O) groups excluding carboxylic acids is 3. The molecule has 0 saturated carbocycles. The Bertz CT molecular complexity index is 1000. The molecule has 4 rings (SSSR count). The van der Waals surface area contributed by atoms with E-state index in [2.05, 4.69) is 0 Å². The number of carbonyl (C=O) groups is 3. The van der Waals surface area contributed by atoms with Crippen LogP contribution in [0.15, 0.2) is 65.6 Å². The zero-order valence-corrected chi connectivity index (χ0v) is 19.5. The lowest BCUT2D eigenvalue weighted by atomic mass is 9.97. The van der Waals surface area contributed by atoms with Crippen molar-refractivity contribution in [2.45, 2.75) is 48.2 Å². The van der Waals surface area contributed by atoms with Crippen LogP contribution in [0.25, 0.3) is 0 Å². The summed E-state index contributed by atoms with van der Waals surface area (Å²) in [5.41, 5.74) is 0.259. The van der Waals surface area contributed by atoms with Gasteiger partial charge in [-0.05, 0) is 17.7 Å². The average molecular weight is 488 g/mol. The molecule has 0 bridgehead atoms. The van der Waals surface area contributed by atoms with Crippen molar-refractivity contribution in [3.8, 4) is 0 Å². The largest absolute Gasteiger partial charge is 0.456 e. The first-order valence-electron chi connectivity index (χ1n) is 10.7. The summed E-state index contributed by atoms with van der Waals surface area (Å²) in [6, 6.07) is 18.1. The van der Waals surface area contributed by atoms with Crippen molar-refractivity contribution in [1.29, 1.82) is 0 Å². The molecule has 2 aliphatic rings. The molecule has 0 radical (unpaired) electrons. The van der Waals surface area contributed by atoms with E-state index < -0.39 is 47.9 Å². The molecule has 2 saturated heterocycles. The van der Waals surface area contributed by atoms with Crippen LogP contribution in [0.4, 0.5) is 9.59 Å². The van der Waals surface area contributed by atoms with Crippen molar-refractivity contribution in [2.75, 3.05) is 13.7 Å². The first-order chi connectivity index (χ1) is 16.5. The third-order valence-electron chi connectivity index (χ3n) is 5.41.